The molecule has 2 N–H and O–H groups in total. The Morgan fingerprint density at radius 1 is 1.38 bits per heavy atom. The number of nitrogens with two attached hydrogens (primary N) is 1. The van der Waals surface area contributed by atoms with Gasteiger partial charge in [0.05, 0.1) is 24.9 Å². The van der Waals surface area contributed by atoms with Gasteiger partial charge < -0.3 is 10.5 Å². The molecule has 0 bridgehead atoms. The van der Waals surface area contributed by atoms with Gasteiger partial charge in [-0.15, -0.1) is 0 Å². The van der Waals surface area contributed by atoms with Gasteiger partial charge in [0.1, 0.15) is 5.82 Å². The third-order valence-corrected chi connectivity index (χ3v) is 3.25. The van der Waals surface area contributed by atoms with Crippen molar-refractivity contribution in [2.24, 2.45) is 5.73 Å². The number of ether oxygens (including phenoxy) is 1. The van der Waals surface area contributed by atoms with E-state index in [2.05, 4.69) is 14.9 Å². The molecule has 3 rings (SSSR count). The molecule has 0 unspecified atom stereocenters. The molecule has 1 aromatic heterocycles. The van der Waals surface area contributed by atoms with Crippen molar-refractivity contribution in [3.63, 3.8) is 0 Å². The zero-order chi connectivity index (χ0) is 11.1. The number of hydrogen-bond acceptors (Lipinski definition) is 5. The quantitative estimate of drug-likeness (QED) is 0.800. The Bertz CT molecular complexity index is 417. The van der Waals surface area contributed by atoms with E-state index in [9.17, 15) is 0 Å². The second-order valence-electron chi connectivity index (χ2n) is 4.41. The smallest absolute Gasteiger partial charge is 0.221 e. The van der Waals surface area contributed by atoms with Crippen LogP contribution in [0.1, 0.15) is 29.9 Å². The average Bonchev–Trinajstić information content (AvgIpc) is 3.07. The van der Waals surface area contributed by atoms with Gasteiger partial charge in [-0.3, -0.25) is 4.90 Å². The van der Waals surface area contributed by atoms with E-state index < -0.39 is 0 Å². The molecule has 1 fully saturated rings. The van der Waals surface area contributed by atoms with Crippen LogP contribution in [0.15, 0.2) is 0 Å². The van der Waals surface area contributed by atoms with Crippen molar-refractivity contribution >= 4 is 0 Å². The lowest BCUT2D eigenvalue weighted by molar-refractivity contribution is 0.269. The van der Waals surface area contributed by atoms with Crippen molar-refractivity contribution in [1.29, 1.82) is 0 Å². The van der Waals surface area contributed by atoms with E-state index in [0.717, 1.165) is 30.4 Å². The summed E-state index contributed by atoms with van der Waals surface area (Å²) < 4.78 is 5.31. The number of aromatic nitrogens is 2. The van der Waals surface area contributed by atoms with Crippen molar-refractivity contribution in [1.82, 2.24) is 14.9 Å². The first kappa shape index (κ1) is 9.99. The molecular formula is C11H16N4O. The highest BCUT2D eigenvalue weighted by atomic mass is 16.5. The first-order chi connectivity index (χ1) is 7.81. The minimum absolute atomic E-state index is 0.368. The molecule has 0 spiro atoms. The summed E-state index contributed by atoms with van der Waals surface area (Å²) in [5.41, 5.74) is 7.82. The van der Waals surface area contributed by atoms with Gasteiger partial charge in [-0.2, -0.15) is 4.98 Å². The van der Waals surface area contributed by atoms with E-state index in [-0.39, 0.29) is 0 Å². The first-order valence-corrected chi connectivity index (χ1v) is 5.68. The molecule has 0 aromatic carbocycles. The van der Waals surface area contributed by atoms with Gasteiger partial charge in [-0.05, 0) is 12.8 Å². The molecule has 5 nitrogen and oxygen atoms in total. The van der Waals surface area contributed by atoms with Crippen LogP contribution in [0.3, 0.4) is 0 Å². The molecule has 2 aliphatic rings. The largest absolute Gasteiger partial charge is 0.481 e. The summed E-state index contributed by atoms with van der Waals surface area (Å²) in [6, 6.07) is 0.750. The van der Waals surface area contributed by atoms with E-state index in [1.807, 2.05) is 0 Å². The number of rotatable bonds is 3. The minimum Gasteiger partial charge on any atom is -0.481 e. The van der Waals surface area contributed by atoms with Gasteiger partial charge in [0.25, 0.3) is 0 Å². The lowest BCUT2D eigenvalue weighted by Crippen LogP contribution is -2.18. The van der Waals surface area contributed by atoms with Crippen LogP contribution in [-0.4, -0.2) is 28.0 Å². The molecule has 1 saturated carbocycles. The Labute approximate surface area is 94.6 Å². The summed E-state index contributed by atoms with van der Waals surface area (Å²) in [5, 5.41) is 0. The normalized spacial score (nSPS) is 19.9. The Morgan fingerprint density at radius 2 is 2.19 bits per heavy atom. The molecule has 0 radical (unpaired) electrons. The van der Waals surface area contributed by atoms with Gasteiger partial charge in [-0.25, -0.2) is 4.98 Å². The minimum atomic E-state index is 0.368. The van der Waals surface area contributed by atoms with Gasteiger partial charge in [0.15, 0.2) is 0 Å². The highest BCUT2D eigenvalue weighted by molar-refractivity contribution is 5.34. The van der Waals surface area contributed by atoms with Gasteiger partial charge >= 0.3 is 0 Å². The Kier molecular flexibility index (Phi) is 2.29. The summed E-state index contributed by atoms with van der Waals surface area (Å²) in [5.74, 6) is 1.38. The predicted molar refractivity (Wildman–Crippen MR) is 58.7 cm³/mol. The van der Waals surface area contributed by atoms with Crippen LogP contribution in [0.25, 0.3) is 0 Å². The molecule has 1 aliphatic carbocycles. The Balaban J connectivity index is 1.95. The third kappa shape index (κ3) is 1.56. The van der Waals surface area contributed by atoms with Gasteiger partial charge in [0, 0.05) is 19.1 Å². The fraction of sp³-hybridized carbons (Fsp3) is 0.636. The SMILES string of the molecule is COc1nc(CN)nc2c1CN(C1CC1)C2. The first-order valence-electron chi connectivity index (χ1n) is 5.68. The van der Waals surface area contributed by atoms with Crippen LogP contribution in [0.4, 0.5) is 0 Å². The standard InChI is InChI=1S/C11H16N4O/c1-16-11-8-5-15(7-2-3-7)6-9(8)13-10(4-12)14-11/h7H,2-6,12H2,1H3. The van der Waals surface area contributed by atoms with Crippen LogP contribution in [-0.2, 0) is 19.6 Å². The maximum Gasteiger partial charge on any atom is 0.221 e. The Hall–Kier alpha value is -1.20. The van der Waals surface area contributed by atoms with E-state index in [1.165, 1.54) is 12.8 Å². The van der Waals surface area contributed by atoms with Crippen molar-refractivity contribution in [3.8, 4) is 5.88 Å². The predicted octanol–water partition coefficient (Wildman–Crippen LogP) is 0.422. The molecule has 16 heavy (non-hydrogen) atoms. The van der Waals surface area contributed by atoms with Gasteiger partial charge in [0.2, 0.25) is 5.88 Å². The molecular weight excluding hydrogens is 204 g/mol. The van der Waals surface area contributed by atoms with Crippen molar-refractivity contribution in [2.45, 2.75) is 38.5 Å². The zero-order valence-electron chi connectivity index (χ0n) is 9.44. The molecule has 2 heterocycles. The van der Waals surface area contributed by atoms with Crippen LogP contribution < -0.4 is 10.5 Å². The van der Waals surface area contributed by atoms with E-state index in [1.54, 1.807) is 7.11 Å². The van der Waals surface area contributed by atoms with Gasteiger partial charge in [-0.1, -0.05) is 0 Å². The van der Waals surface area contributed by atoms with Crippen molar-refractivity contribution in [3.05, 3.63) is 17.1 Å². The summed E-state index contributed by atoms with van der Waals surface area (Å²) in [6.45, 7) is 2.22. The Morgan fingerprint density at radius 3 is 2.81 bits per heavy atom. The fourth-order valence-electron chi connectivity index (χ4n) is 2.26. The highest BCUT2D eigenvalue weighted by Crippen LogP contribution is 2.36. The average molecular weight is 220 g/mol. The molecule has 5 heteroatoms. The molecule has 86 valence electrons. The summed E-state index contributed by atoms with van der Waals surface area (Å²) in [7, 11) is 1.66. The summed E-state index contributed by atoms with van der Waals surface area (Å²) in [6.07, 6.45) is 2.63. The number of nitrogens with zero attached hydrogens (tertiary/aromatic N) is 3. The lowest BCUT2D eigenvalue weighted by atomic mass is 10.2. The molecule has 1 aliphatic heterocycles. The van der Waals surface area contributed by atoms with Crippen LogP contribution in [0.5, 0.6) is 5.88 Å². The number of hydrogen-bond donors (Lipinski definition) is 1. The zero-order valence-corrected chi connectivity index (χ0v) is 9.44. The molecule has 0 atom stereocenters. The second-order valence-corrected chi connectivity index (χ2v) is 4.41. The topological polar surface area (TPSA) is 64.3 Å². The summed E-state index contributed by atoms with van der Waals surface area (Å²) in [4.78, 5) is 11.2. The van der Waals surface area contributed by atoms with E-state index in [0.29, 0.717) is 18.2 Å². The summed E-state index contributed by atoms with van der Waals surface area (Å²) >= 11 is 0. The monoisotopic (exact) mass is 220 g/mol. The molecule has 0 amide bonds. The highest BCUT2D eigenvalue weighted by Gasteiger charge is 2.35. The van der Waals surface area contributed by atoms with E-state index >= 15 is 0 Å². The molecule has 1 aromatic rings. The van der Waals surface area contributed by atoms with Crippen LogP contribution in [0, 0.1) is 0 Å². The van der Waals surface area contributed by atoms with Crippen molar-refractivity contribution < 1.29 is 4.74 Å². The third-order valence-electron chi connectivity index (χ3n) is 3.25. The number of fused-ring (bicyclic) bond motifs is 1. The molecule has 0 saturated heterocycles. The van der Waals surface area contributed by atoms with E-state index in [4.69, 9.17) is 10.5 Å². The lowest BCUT2D eigenvalue weighted by Gasteiger charge is -2.11. The fourth-order valence-corrected chi connectivity index (χ4v) is 2.26. The van der Waals surface area contributed by atoms with Crippen molar-refractivity contribution in [2.75, 3.05) is 7.11 Å². The maximum atomic E-state index is 5.58. The van der Waals surface area contributed by atoms with Crippen LogP contribution in [0.2, 0.25) is 0 Å². The van der Waals surface area contributed by atoms with Crippen LogP contribution >= 0.6 is 0 Å². The maximum absolute atomic E-state index is 5.58. The number of methoxy groups -OCH3 is 1. The second kappa shape index (κ2) is 3.68.